The fourth-order valence-electron chi connectivity index (χ4n) is 1.45. The van der Waals surface area contributed by atoms with Gasteiger partial charge >= 0.3 is 12.1 Å². The highest BCUT2D eigenvalue weighted by Crippen LogP contribution is 2.16. The second-order valence-corrected chi connectivity index (χ2v) is 5.74. The van der Waals surface area contributed by atoms with E-state index in [9.17, 15) is 9.59 Å². The largest absolute Gasteiger partial charge is 0.465 e. The topological polar surface area (TPSA) is 77.5 Å². The third-order valence-corrected chi connectivity index (χ3v) is 2.66. The quantitative estimate of drug-likeness (QED) is 0.679. The lowest BCUT2D eigenvalue weighted by molar-refractivity contribution is 0.0532. The highest BCUT2D eigenvalue weighted by Gasteiger charge is 2.15. The van der Waals surface area contributed by atoms with Gasteiger partial charge in [0.05, 0.1) is 12.7 Å². The smallest absolute Gasteiger partial charge is 0.407 e. The summed E-state index contributed by atoms with van der Waals surface area (Å²) in [5.74, 6) is -0.495. The summed E-state index contributed by atoms with van der Waals surface area (Å²) in [6.45, 7) is 5.61. The highest BCUT2D eigenvalue weighted by molar-refractivity contribution is 6.30. The van der Waals surface area contributed by atoms with Gasteiger partial charge in [0, 0.05) is 18.3 Å². The average Bonchev–Trinajstić information content (AvgIpc) is 2.42. The Morgan fingerprint density at radius 3 is 2.68 bits per heavy atom. The summed E-state index contributed by atoms with van der Waals surface area (Å²) in [6, 6.07) is 1.56. The fourth-order valence-corrected chi connectivity index (χ4v) is 1.62. The molecular weight excluding hydrogens is 308 g/mol. The molecule has 120 valence electrons. The van der Waals surface area contributed by atoms with Crippen molar-refractivity contribution in [3.63, 3.8) is 0 Å². The lowest BCUT2D eigenvalue weighted by Gasteiger charge is -2.19. The molecule has 0 aliphatic carbocycles. The van der Waals surface area contributed by atoms with Gasteiger partial charge in [-0.25, -0.2) is 14.6 Å². The minimum Gasteiger partial charge on any atom is -0.465 e. The molecule has 0 atom stereocenters. The third-order valence-electron chi connectivity index (χ3n) is 2.35. The molecule has 0 aromatic carbocycles. The van der Waals surface area contributed by atoms with Crippen LogP contribution < -0.4 is 5.32 Å². The molecule has 1 amide bonds. The van der Waals surface area contributed by atoms with Gasteiger partial charge in [-0.05, 0) is 26.8 Å². The van der Waals surface area contributed by atoms with Crippen LogP contribution >= 0.6 is 11.6 Å². The van der Waals surface area contributed by atoms with Crippen LogP contribution in [-0.4, -0.2) is 36.3 Å². The van der Waals surface area contributed by atoms with Gasteiger partial charge in [-0.15, -0.1) is 0 Å². The number of amides is 1. The molecule has 0 aliphatic heterocycles. The summed E-state index contributed by atoms with van der Waals surface area (Å²) < 4.78 is 9.71. The van der Waals surface area contributed by atoms with Crippen LogP contribution in [0.2, 0.25) is 5.15 Å². The molecule has 0 spiro atoms. The van der Waals surface area contributed by atoms with Crippen LogP contribution in [0.1, 0.15) is 36.7 Å². The van der Waals surface area contributed by atoms with Crippen LogP contribution in [0.5, 0.6) is 0 Å². The molecule has 0 saturated carbocycles. The minimum atomic E-state index is -0.546. The number of carbonyl (C=O) groups is 2. The van der Waals surface area contributed by atoms with Crippen molar-refractivity contribution in [2.75, 3.05) is 13.7 Å². The molecule has 1 aromatic heterocycles. The Bertz CT molecular complexity index is 579. The number of esters is 1. The summed E-state index contributed by atoms with van der Waals surface area (Å²) in [7, 11) is 1.29. The summed E-state index contributed by atoms with van der Waals surface area (Å²) in [5.41, 5.74) is 0.304. The number of pyridine rings is 1. The van der Waals surface area contributed by atoms with Crippen molar-refractivity contribution < 1.29 is 19.1 Å². The molecule has 22 heavy (non-hydrogen) atoms. The van der Waals surface area contributed by atoms with Crippen LogP contribution in [0.3, 0.4) is 0 Å². The van der Waals surface area contributed by atoms with Crippen molar-refractivity contribution in [3.8, 4) is 0 Å². The van der Waals surface area contributed by atoms with Crippen LogP contribution in [-0.2, 0) is 9.47 Å². The van der Waals surface area contributed by atoms with Gasteiger partial charge in [0.25, 0.3) is 0 Å². The van der Waals surface area contributed by atoms with Crippen LogP contribution in [0, 0.1) is 0 Å². The summed E-state index contributed by atoms with van der Waals surface area (Å²) >= 11 is 5.95. The van der Waals surface area contributed by atoms with Crippen molar-refractivity contribution >= 4 is 29.7 Å². The van der Waals surface area contributed by atoms with Crippen molar-refractivity contribution in [2.45, 2.75) is 26.4 Å². The van der Waals surface area contributed by atoms with E-state index >= 15 is 0 Å². The predicted octanol–water partition coefficient (Wildman–Crippen LogP) is 3.06. The van der Waals surface area contributed by atoms with Crippen molar-refractivity contribution in [3.05, 3.63) is 34.6 Å². The minimum absolute atomic E-state index is 0.251. The maximum absolute atomic E-state index is 11.5. The molecule has 1 heterocycles. The van der Waals surface area contributed by atoms with Crippen LogP contribution in [0.25, 0.3) is 6.08 Å². The van der Waals surface area contributed by atoms with E-state index in [0.717, 1.165) is 0 Å². The molecule has 6 nitrogen and oxygen atoms in total. The van der Waals surface area contributed by atoms with Gasteiger partial charge in [0.15, 0.2) is 0 Å². The Morgan fingerprint density at radius 1 is 1.41 bits per heavy atom. The molecule has 1 aromatic rings. The molecule has 0 unspecified atom stereocenters. The number of halogens is 1. The molecule has 0 radical (unpaired) electrons. The summed E-state index contributed by atoms with van der Waals surface area (Å²) in [6.07, 6.45) is 4.15. The number of hydrogen-bond acceptors (Lipinski definition) is 5. The number of rotatable bonds is 4. The zero-order chi connectivity index (χ0) is 16.8. The number of alkyl carbamates (subject to hydrolysis) is 1. The Morgan fingerprint density at radius 2 is 2.09 bits per heavy atom. The Hall–Kier alpha value is -2.08. The number of methoxy groups -OCH3 is 1. The van der Waals surface area contributed by atoms with Crippen LogP contribution in [0.15, 0.2) is 18.3 Å². The zero-order valence-electron chi connectivity index (χ0n) is 13.0. The first-order valence-electron chi connectivity index (χ1n) is 6.60. The van der Waals surface area contributed by atoms with Gasteiger partial charge in [-0.1, -0.05) is 23.8 Å². The molecule has 0 saturated heterocycles. The van der Waals surface area contributed by atoms with Crippen molar-refractivity contribution in [1.82, 2.24) is 10.3 Å². The third kappa shape index (κ3) is 6.13. The van der Waals surface area contributed by atoms with E-state index in [2.05, 4.69) is 15.0 Å². The first-order chi connectivity index (χ1) is 10.2. The molecule has 0 aliphatic rings. The van der Waals surface area contributed by atoms with Gasteiger partial charge < -0.3 is 14.8 Å². The Kier molecular flexibility index (Phi) is 6.37. The summed E-state index contributed by atoms with van der Waals surface area (Å²) in [4.78, 5) is 26.8. The normalized spacial score (nSPS) is 11.3. The first kappa shape index (κ1) is 18.0. The number of nitrogens with one attached hydrogen (secondary N) is 1. The SMILES string of the molecule is COC(=O)c1cnc(Cl)c(C=CCNC(=O)OC(C)(C)C)c1. The molecule has 0 bridgehead atoms. The van der Waals surface area contributed by atoms with Crippen molar-refractivity contribution in [1.29, 1.82) is 0 Å². The fraction of sp³-hybridized carbons (Fsp3) is 0.400. The number of hydrogen-bond donors (Lipinski definition) is 1. The average molecular weight is 327 g/mol. The maximum atomic E-state index is 11.5. The number of carbonyl (C=O) groups excluding carboxylic acids is 2. The zero-order valence-corrected chi connectivity index (χ0v) is 13.7. The monoisotopic (exact) mass is 326 g/mol. The highest BCUT2D eigenvalue weighted by atomic mass is 35.5. The molecule has 1 rings (SSSR count). The number of aromatic nitrogens is 1. The molecule has 0 fully saturated rings. The molecular formula is C15H19ClN2O4. The van der Waals surface area contributed by atoms with E-state index in [-0.39, 0.29) is 11.7 Å². The number of ether oxygens (including phenoxy) is 2. The lowest BCUT2D eigenvalue weighted by atomic mass is 10.2. The van der Waals surface area contributed by atoms with Crippen LogP contribution in [0.4, 0.5) is 4.79 Å². The summed E-state index contributed by atoms with van der Waals surface area (Å²) in [5, 5.41) is 2.83. The lowest BCUT2D eigenvalue weighted by Crippen LogP contribution is -2.32. The second kappa shape index (κ2) is 7.79. The standard InChI is InChI=1S/C15H19ClN2O4/c1-15(2,3)22-14(20)17-7-5-6-10-8-11(13(19)21-4)9-18-12(10)16/h5-6,8-9H,7H2,1-4H3,(H,17,20). The number of nitrogens with zero attached hydrogens (tertiary/aromatic N) is 1. The van der Waals surface area contributed by atoms with E-state index in [1.807, 2.05) is 0 Å². The van der Waals surface area contributed by atoms with E-state index < -0.39 is 17.7 Å². The second-order valence-electron chi connectivity index (χ2n) is 5.38. The Labute approximate surface area is 134 Å². The van der Waals surface area contributed by atoms with E-state index in [0.29, 0.717) is 11.1 Å². The first-order valence-corrected chi connectivity index (χ1v) is 6.98. The van der Waals surface area contributed by atoms with Gasteiger partial charge in [-0.3, -0.25) is 0 Å². The van der Waals surface area contributed by atoms with E-state index in [1.165, 1.54) is 13.3 Å². The molecule has 7 heteroatoms. The molecule has 1 N–H and O–H groups in total. The Balaban J connectivity index is 2.63. The van der Waals surface area contributed by atoms with Gasteiger partial charge in [0.2, 0.25) is 0 Å². The maximum Gasteiger partial charge on any atom is 0.407 e. The van der Waals surface area contributed by atoms with E-state index in [1.54, 1.807) is 39.0 Å². The van der Waals surface area contributed by atoms with Gasteiger partial charge in [-0.2, -0.15) is 0 Å². The van der Waals surface area contributed by atoms with Crippen molar-refractivity contribution in [2.24, 2.45) is 0 Å². The van der Waals surface area contributed by atoms with E-state index in [4.69, 9.17) is 16.3 Å². The predicted molar refractivity (Wildman–Crippen MR) is 83.9 cm³/mol. The van der Waals surface area contributed by atoms with Gasteiger partial charge in [0.1, 0.15) is 10.8 Å².